The summed E-state index contributed by atoms with van der Waals surface area (Å²) in [4.78, 5) is 20.9. The molecule has 0 aliphatic rings. The molecule has 0 aliphatic heterocycles. The van der Waals surface area contributed by atoms with E-state index >= 15 is 0 Å². The molecule has 0 spiro atoms. The van der Waals surface area contributed by atoms with Gasteiger partial charge in [0, 0.05) is 24.4 Å². The molecule has 138 valence electrons. The fourth-order valence-corrected chi connectivity index (χ4v) is 4.13. The number of carbonyl (C=O) groups is 1. The van der Waals surface area contributed by atoms with Crippen molar-refractivity contribution in [1.29, 1.82) is 0 Å². The Labute approximate surface area is 157 Å². The first-order valence-electron chi connectivity index (χ1n) is 8.40. The first-order chi connectivity index (χ1) is 11.9. The monoisotopic (exact) mass is 382 g/mol. The van der Waals surface area contributed by atoms with Crippen LogP contribution >= 0.6 is 22.7 Å². The number of carbonyl (C=O) groups excluding carboxylic acids is 1. The molecule has 0 aromatic carbocycles. The number of aryl methyl sites for hydroxylation is 1. The molecular weight excluding hydrogens is 356 g/mol. The minimum Gasteiger partial charge on any atom is -0.452 e. The zero-order valence-corrected chi connectivity index (χ0v) is 17.1. The predicted octanol–water partition coefficient (Wildman–Crippen LogP) is 4.46. The number of esters is 1. The van der Waals surface area contributed by atoms with Gasteiger partial charge in [-0.25, -0.2) is 9.78 Å². The number of nitrogens with zero attached hydrogens (tertiary/aromatic N) is 2. The largest absolute Gasteiger partial charge is 0.452 e. The van der Waals surface area contributed by atoms with Gasteiger partial charge < -0.3 is 14.4 Å². The van der Waals surface area contributed by atoms with Gasteiger partial charge in [-0.2, -0.15) is 0 Å². The number of aromatic nitrogens is 1. The second kappa shape index (κ2) is 9.43. The maximum absolute atomic E-state index is 12.7. The van der Waals surface area contributed by atoms with Crippen LogP contribution in [0, 0.1) is 6.92 Å². The normalized spacial score (nSPS) is 13.8. The summed E-state index contributed by atoms with van der Waals surface area (Å²) in [6.07, 6.45) is 0.417. The van der Waals surface area contributed by atoms with Crippen LogP contribution in [0.25, 0.3) is 0 Å². The van der Waals surface area contributed by atoms with E-state index in [4.69, 9.17) is 9.47 Å². The van der Waals surface area contributed by atoms with Crippen molar-refractivity contribution in [2.45, 2.75) is 39.4 Å². The van der Waals surface area contributed by atoms with E-state index in [9.17, 15) is 4.79 Å². The summed E-state index contributed by atoms with van der Waals surface area (Å²) in [5, 5.41) is 2.82. The lowest BCUT2D eigenvalue weighted by Gasteiger charge is -2.18. The summed E-state index contributed by atoms with van der Waals surface area (Å²) >= 11 is 2.97. The Bertz CT molecular complexity index is 668. The van der Waals surface area contributed by atoms with Gasteiger partial charge in [0.1, 0.15) is 22.1 Å². The molecule has 2 rings (SSSR count). The Kier molecular flexibility index (Phi) is 7.56. The third kappa shape index (κ3) is 5.60. The predicted molar refractivity (Wildman–Crippen MR) is 103 cm³/mol. The van der Waals surface area contributed by atoms with Crippen molar-refractivity contribution in [3.05, 3.63) is 38.0 Å². The Hall–Kier alpha value is -1.28. The van der Waals surface area contributed by atoms with E-state index < -0.39 is 0 Å². The molecule has 2 aromatic rings. The molecule has 2 heterocycles. The van der Waals surface area contributed by atoms with E-state index in [0.717, 1.165) is 22.9 Å². The highest BCUT2D eigenvalue weighted by molar-refractivity contribution is 7.13. The number of hydrogen-bond donors (Lipinski definition) is 0. The van der Waals surface area contributed by atoms with Crippen LogP contribution in [0.5, 0.6) is 0 Å². The number of hydrogen-bond acceptors (Lipinski definition) is 7. The van der Waals surface area contributed by atoms with Crippen LogP contribution in [0.4, 0.5) is 0 Å². The van der Waals surface area contributed by atoms with E-state index in [1.807, 2.05) is 52.4 Å². The SMILES string of the molecule is CCO[C@H](C)c1nc(C)c(C(=O)O[C@@H](CCN(C)C)c2cccs2)s1. The molecular formula is C18H26N2O3S2. The van der Waals surface area contributed by atoms with Crippen LogP contribution in [0.15, 0.2) is 17.5 Å². The van der Waals surface area contributed by atoms with Crippen LogP contribution < -0.4 is 0 Å². The smallest absolute Gasteiger partial charge is 0.350 e. The molecule has 0 saturated heterocycles. The van der Waals surface area contributed by atoms with Gasteiger partial charge in [0.15, 0.2) is 0 Å². The number of ether oxygens (including phenoxy) is 2. The Morgan fingerprint density at radius 1 is 1.40 bits per heavy atom. The topological polar surface area (TPSA) is 51.7 Å². The van der Waals surface area contributed by atoms with Gasteiger partial charge in [-0.3, -0.25) is 0 Å². The van der Waals surface area contributed by atoms with Gasteiger partial charge in [-0.05, 0) is 46.3 Å². The third-order valence-electron chi connectivity index (χ3n) is 3.71. The van der Waals surface area contributed by atoms with Gasteiger partial charge in [0.25, 0.3) is 0 Å². The van der Waals surface area contributed by atoms with Crippen LogP contribution in [-0.4, -0.2) is 43.1 Å². The highest BCUT2D eigenvalue weighted by atomic mass is 32.1. The molecule has 0 radical (unpaired) electrons. The van der Waals surface area contributed by atoms with Crippen molar-refractivity contribution in [2.24, 2.45) is 0 Å². The van der Waals surface area contributed by atoms with Crippen molar-refractivity contribution >= 4 is 28.6 Å². The molecule has 0 saturated carbocycles. The summed E-state index contributed by atoms with van der Waals surface area (Å²) in [5.74, 6) is -0.304. The Morgan fingerprint density at radius 3 is 2.76 bits per heavy atom. The molecule has 0 bridgehead atoms. The molecule has 0 fully saturated rings. The van der Waals surface area contributed by atoms with Crippen LogP contribution in [0.3, 0.4) is 0 Å². The van der Waals surface area contributed by atoms with Crippen LogP contribution in [0.2, 0.25) is 0 Å². The Balaban J connectivity index is 2.12. The standard InChI is InChI=1S/C18H26N2O3S2/c1-6-22-13(3)17-19-12(2)16(25-17)18(21)23-14(9-10-20(4)5)15-8-7-11-24-15/h7-8,11,13-14H,6,9-10H2,1-5H3/t13-,14+/m1/s1. The highest BCUT2D eigenvalue weighted by Gasteiger charge is 2.24. The quantitative estimate of drug-likeness (QED) is 0.599. The zero-order valence-electron chi connectivity index (χ0n) is 15.4. The van der Waals surface area contributed by atoms with Gasteiger partial charge in [0.05, 0.1) is 5.69 Å². The number of rotatable bonds is 9. The second-order valence-corrected chi connectivity index (χ2v) is 8.08. The fraction of sp³-hybridized carbons (Fsp3) is 0.556. The van der Waals surface area contributed by atoms with Gasteiger partial charge in [0.2, 0.25) is 0 Å². The lowest BCUT2D eigenvalue weighted by molar-refractivity contribution is 0.0275. The lowest BCUT2D eigenvalue weighted by Crippen LogP contribution is -2.19. The van der Waals surface area contributed by atoms with Crippen molar-refractivity contribution in [2.75, 3.05) is 27.2 Å². The van der Waals surface area contributed by atoms with E-state index in [0.29, 0.717) is 17.2 Å². The van der Waals surface area contributed by atoms with E-state index in [-0.39, 0.29) is 18.2 Å². The molecule has 25 heavy (non-hydrogen) atoms. The van der Waals surface area contributed by atoms with Crippen molar-refractivity contribution in [1.82, 2.24) is 9.88 Å². The molecule has 0 amide bonds. The Morgan fingerprint density at radius 2 is 2.16 bits per heavy atom. The second-order valence-electron chi connectivity index (χ2n) is 6.07. The molecule has 2 atom stereocenters. The fourth-order valence-electron chi connectivity index (χ4n) is 2.39. The average Bonchev–Trinajstić information content (AvgIpc) is 3.21. The minimum absolute atomic E-state index is 0.114. The minimum atomic E-state index is -0.304. The molecule has 0 unspecified atom stereocenters. The lowest BCUT2D eigenvalue weighted by atomic mass is 10.2. The van der Waals surface area contributed by atoms with Crippen LogP contribution in [-0.2, 0) is 9.47 Å². The molecule has 0 N–H and O–H groups in total. The van der Waals surface area contributed by atoms with E-state index in [1.54, 1.807) is 11.3 Å². The van der Waals surface area contributed by atoms with Crippen molar-refractivity contribution in [3.63, 3.8) is 0 Å². The van der Waals surface area contributed by atoms with E-state index in [2.05, 4.69) is 9.88 Å². The highest BCUT2D eigenvalue weighted by Crippen LogP contribution is 2.30. The molecule has 5 nitrogen and oxygen atoms in total. The van der Waals surface area contributed by atoms with Gasteiger partial charge in [-0.15, -0.1) is 22.7 Å². The summed E-state index contributed by atoms with van der Waals surface area (Å²) < 4.78 is 11.4. The van der Waals surface area contributed by atoms with Gasteiger partial charge in [-0.1, -0.05) is 6.07 Å². The van der Waals surface area contributed by atoms with Crippen molar-refractivity contribution < 1.29 is 14.3 Å². The first kappa shape index (κ1) is 20.0. The first-order valence-corrected chi connectivity index (χ1v) is 10.1. The zero-order chi connectivity index (χ0) is 18.4. The summed E-state index contributed by atoms with van der Waals surface area (Å²) in [6.45, 7) is 7.20. The van der Waals surface area contributed by atoms with E-state index in [1.165, 1.54) is 11.3 Å². The maximum atomic E-state index is 12.7. The molecule has 7 heteroatoms. The number of thiophene rings is 1. The van der Waals surface area contributed by atoms with Gasteiger partial charge >= 0.3 is 5.97 Å². The average molecular weight is 383 g/mol. The third-order valence-corrected chi connectivity index (χ3v) is 5.97. The maximum Gasteiger partial charge on any atom is 0.350 e. The summed E-state index contributed by atoms with van der Waals surface area (Å²) in [6, 6.07) is 4.00. The summed E-state index contributed by atoms with van der Waals surface area (Å²) in [5.41, 5.74) is 0.703. The van der Waals surface area contributed by atoms with Crippen LogP contribution in [0.1, 0.15) is 57.7 Å². The molecule has 2 aromatic heterocycles. The molecule has 0 aliphatic carbocycles. The van der Waals surface area contributed by atoms with Crippen molar-refractivity contribution in [3.8, 4) is 0 Å². The number of thiazole rings is 1. The summed E-state index contributed by atoms with van der Waals surface area (Å²) in [7, 11) is 4.03.